The molecule has 0 fully saturated rings. The number of carboxylic acids is 1. The van der Waals surface area contributed by atoms with Gasteiger partial charge in [-0.3, -0.25) is 9.59 Å². The van der Waals surface area contributed by atoms with E-state index in [0.29, 0.717) is 17.9 Å². The fourth-order valence-electron chi connectivity index (χ4n) is 2.12. The summed E-state index contributed by atoms with van der Waals surface area (Å²) in [5, 5.41) is 13.0. The Morgan fingerprint density at radius 1 is 1.32 bits per heavy atom. The zero-order valence-corrected chi connectivity index (χ0v) is 12.6. The van der Waals surface area contributed by atoms with Gasteiger partial charge in [-0.25, -0.2) is 4.68 Å². The highest BCUT2D eigenvalue weighted by molar-refractivity contribution is 5.67. The van der Waals surface area contributed by atoms with Crippen LogP contribution in [0.2, 0.25) is 0 Å². The molecule has 0 spiro atoms. The zero-order valence-electron chi connectivity index (χ0n) is 12.6. The molecule has 0 aliphatic carbocycles. The normalized spacial score (nSPS) is 10.5. The Hall–Kier alpha value is -2.63. The highest BCUT2D eigenvalue weighted by atomic mass is 16.5. The lowest BCUT2D eigenvalue weighted by Gasteiger charge is -2.08. The Bertz CT molecular complexity index is 720. The smallest absolute Gasteiger partial charge is 0.303 e. The van der Waals surface area contributed by atoms with Gasteiger partial charge in [-0.05, 0) is 43.7 Å². The lowest BCUT2D eigenvalue weighted by Crippen LogP contribution is -2.24. The van der Waals surface area contributed by atoms with Crippen LogP contribution in [0, 0.1) is 0 Å². The van der Waals surface area contributed by atoms with Crippen molar-refractivity contribution in [2.45, 2.75) is 19.8 Å². The van der Waals surface area contributed by atoms with Gasteiger partial charge in [0.2, 0.25) is 0 Å². The quantitative estimate of drug-likeness (QED) is 0.881. The van der Waals surface area contributed by atoms with Gasteiger partial charge >= 0.3 is 5.97 Å². The predicted octanol–water partition coefficient (Wildman–Crippen LogP) is 1.86. The van der Waals surface area contributed by atoms with Gasteiger partial charge in [0.25, 0.3) is 5.56 Å². The fraction of sp³-hybridized carbons (Fsp3) is 0.312. The first-order valence-electron chi connectivity index (χ1n) is 7.03. The third-order valence-electron chi connectivity index (χ3n) is 3.21. The summed E-state index contributed by atoms with van der Waals surface area (Å²) in [4.78, 5) is 22.7. The first-order chi connectivity index (χ1) is 10.5. The van der Waals surface area contributed by atoms with Crippen LogP contribution in [0.1, 0.15) is 18.9 Å². The number of nitrogens with zero attached hydrogens (tertiary/aromatic N) is 2. The molecule has 0 radical (unpaired) electrons. The van der Waals surface area contributed by atoms with Gasteiger partial charge in [0, 0.05) is 24.6 Å². The molecule has 0 saturated heterocycles. The van der Waals surface area contributed by atoms with Crippen molar-refractivity contribution in [3.8, 4) is 17.0 Å². The third-order valence-corrected chi connectivity index (χ3v) is 3.21. The van der Waals surface area contributed by atoms with E-state index in [1.165, 1.54) is 4.68 Å². The van der Waals surface area contributed by atoms with Crippen molar-refractivity contribution in [2.24, 2.45) is 7.05 Å². The maximum absolute atomic E-state index is 12.0. The first-order valence-corrected chi connectivity index (χ1v) is 7.03. The van der Waals surface area contributed by atoms with Gasteiger partial charge in [-0.1, -0.05) is 0 Å². The standard InChI is InChI=1S/C16H18N2O4/c1-3-22-13-7-4-11(5-8-13)14-10-12(6-9-15(19)20)16(21)18(2)17-14/h4-5,7-8,10H,3,6,9H2,1-2H3,(H,19,20). The number of benzene rings is 1. The van der Waals surface area contributed by atoms with Crippen molar-refractivity contribution in [3.63, 3.8) is 0 Å². The Kier molecular flexibility index (Phi) is 4.93. The largest absolute Gasteiger partial charge is 0.494 e. The lowest BCUT2D eigenvalue weighted by atomic mass is 10.1. The second-order valence-corrected chi connectivity index (χ2v) is 4.83. The molecule has 1 aromatic carbocycles. The van der Waals surface area contributed by atoms with Crippen LogP contribution in [0.3, 0.4) is 0 Å². The molecule has 116 valence electrons. The molecule has 2 aromatic rings. The number of ether oxygens (including phenoxy) is 1. The molecule has 6 heteroatoms. The summed E-state index contributed by atoms with van der Waals surface area (Å²) in [6.45, 7) is 2.51. The molecular formula is C16H18N2O4. The Labute approximate surface area is 128 Å². The molecule has 22 heavy (non-hydrogen) atoms. The topological polar surface area (TPSA) is 81.4 Å². The minimum Gasteiger partial charge on any atom is -0.494 e. The van der Waals surface area contributed by atoms with Crippen LogP contribution in [0.15, 0.2) is 35.1 Å². The monoisotopic (exact) mass is 302 g/mol. The average molecular weight is 302 g/mol. The van der Waals surface area contributed by atoms with E-state index in [-0.39, 0.29) is 18.4 Å². The van der Waals surface area contributed by atoms with Crippen LogP contribution in [-0.2, 0) is 18.3 Å². The van der Waals surface area contributed by atoms with Crippen molar-refractivity contribution >= 4 is 5.97 Å². The summed E-state index contributed by atoms with van der Waals surface area (Å²) in [6.07, 6.45) is 0.108. The van der Waals surface area contributed by atoms with Crippen molar-refractivity contribution in [2.75, 3.05) is 6.61 Å². The molecule has 0 bridgehead atoms. The van der Waals surface area contributed by atoms with Gasteiger partial charge in [-0.2, -0.15) is 5.10 Å². The van der Waals surface area contributed by atoms with E-state index in [1.807, 2.05) is 31.2 Å². The fourth-order valence-corrected chi connectivity index (χ4v) is 2.12. The van der Waals surface area contributed by atoms with Crippen LogP contribution in [-0.4, -0.2) is 27.5 Å². The van der Waals surface area contributed by atoms with Crippen molar-refractivity contribution in [1.82, 2.24) is 9.78 Å². The van der Waals surface area contributed by atoms with Gasteiger partial charge in [0.05, 0.1) is 12.3 Å². The van der Waals surface area contributed by atoms with E-state index in [9.17, 15) is 9.59 Å². The molecule has 0 aliphatic heterocycles. The van der Waals surface area contributed by atoms with E-state index in [4.69, 9.17) is 9.84 Å². The lowest BCUT2D eigenvalue weighted by molar-refractivity contribution is -0.136. The third kappa shape index (κ3) is 3.72. The first kappa shape index (κ1) is 15.8. The molecule has 0 saturated carbocycles. The van der Waals surface area contributed by atoms with E-state index in [1.54, 1.807) is 13.1 Å². The van der Waals surface area contributed by atoms with Gasteiger partial charge in [0.1, 0.15) is 5.75 Å². The van der Waals surface area contributed by atoms with Crippen molar-refractivity contribution < 1.29 is 14.6 Å². The summed E-state index contributed by atoms with van der Waals surface area (Å²) >= 11 is 0. The van der Waals surface area contributed by atoms with Crippen molar-refractivity contribution in [3.05, 3.63) is 46.2 Å². The molecule has 2 rings (SSSR count). The molecule has 6 nitrogen and oxygen atoms in total. The number of aliphatic carboxylic acids is 1. The molecule has 0 atom stereocenters. The van der Waals surface area contributed by atoms with Crippen LogP contribution in [0.25, 0.3) is 11.3 Å². The Balaban J connectivity index is 2.34. The highest BCUT2D eigenvalue weighted by Gasteiger charge is 2.10. The highest BCUT2D eigenvalue weighted by Crippen LogP contribution is 2.20. The maximum atomic E-state index is 12.0. The number of hydrogen-bond acceptors (Lipinski definition) is 4. The van der Waals surface area contributed by atoms with E-state index in [0.717, 1.165) is 11.3 Å². The molecule has 1 heterocycles. The van der Waals surface area contributed by atoms with E-state index in [2.05, 4.69) is 5.10 Å². The molecule has 1 N–H and O–H groups in total. The molecule has 0 amide bonds. The van der Waals surface area contributed by atoms with Crippen LogP contribution >= 0.6 is 0 Å². The number of aromatic nitrogens is 2. The summed E-state index contributed by atoms with van der Waals surface area (Å²) in [5.74, 6) is -0.163. The second-order valence-electron chi connectivity index (χ2n) is 4.83. The van der Waals surface area contributed by atoms with E-state index >= 15 is 0 Å². The maximum Gasteiger partial charge on any atom is 0.303 e. The molecule has 0 aliphatic rings. The Morgan fingerprint density at radius 3 is 2.59 bits per heavy atom. The summed E-state index contributed by atoms with van der Waals surface area (Å²) in [6, 6.07) is 9.05. The SMILES string of the molecule is CCOc1ccc(-c2cc(CCC(=O)O)c(=O)n(C)n2)cc1. The number of aryl methyl sites for hydroxylation is 2. The molecule has 0 unspecified atom stereocenters. The molecular weight excluding hydrogens is 284 g/mol. The summed E-state index contributed by atoms with van der Waals surface area (Å²) in [7, 11) is 1.56. The predicted molar refractivity (Wildman–Crippen MR) is 82.0 cm³/mol. The van der Waals surface area contributed by atoms with E-state index < -0.39 is 5.97 Å². The number of carbonyl (C=O) groups is 1. The van der Waals surface area contributed by atoms with Crippen LogP contribution < -0.4 is 10.3 Å². The second kappa shape index (κ2) is 6.89. The zero-order chi connectivity index (χ0) is 16.1. The van der Waals surface area contributed by atoms with Gasteiger partial charge < -0.3 is 9.84 Å². The Morgan fingerprint density at radius 2 is 2.00 bits per heavy atom. The summed E-state index contributed by atoms with van der Waals surface area (Å²) in [5.41, 5.74) is 1.65. The number of rotatable bonds is 6. The van der Waals surface area contributed by atoms with Crippen molar-refractivity contribution in [1.29, 1.82) is 0 Å². The van der Waals surface area contributed by atoms with Gasteiger partial charge in [0.15, 0.2) is 0 Å². The number of carboxylic acid groups (broad SMARTS) is 1. The summed E-state index contributed by atoms with van der Waals surface area (Å²) < 4.78 is 6.63. The minimum absolute atomic E-state index is 0.0814. The molecule has 1 aromatic heterocycles. The minimum atomic E-state index is -0.929. The number of hydrogen-bond donors (Lipinski definition) is 1. The van der Waals surface area contributed by atoms with Crippen LogP contribution in [0.5, 0.6) is 5.75 Å². The van der Waals surface area contributed by atoms with Gasteiger partial charge in [-0.15, -0.1) is 0 Å². The average Bonchev–Trinajstić information content (AvgIpc) is 2.49. The van der Waals surface area contributed by atoms with Crippen LogP contribution in [0.4, 0.5) is 0 Å².